The lowest BCUT2D eigenvalue weighted by Crippen LogP contribution is -2.45. The molecule has 1 aliphatic rings. The lowest BCUT2D eigenvalue weighted by atomic mass is 10.2. The zero-order valence-electron chi connectivity index (χ0n) is 16.0. The lowest BCUT2D eigenvalue weighted by molar-refractivity contribution is -0.0679. The lowest BCUT2D eigenvalue weighted by Gasteiger charge is -2.35. The minimum atomic E-state index is 0. The van der Waals surface area contributed by atoms with Crippen LogP contribution in [0.5, 0.6) is 0 Å². The van der Waals surface area contributed by atoms with Crippen molar-refractivity contribution in [2.45, 2.75) is 52.2 Å². The maximum Gasteiger partial charge on any atom is 0.193 e. The van der Waals surface area contributed by atoms with Gasteiger partial charge in [0.05, 0.1) is 12.2 Å². The number of ether oxygens (including phenoxy) is 1. The maximum atomic E-state index is 5.78. The molecule has 2 unspecified atom stereocenters. The Kier molecular flexibility index (Phi) is 13.7. The third-order valence-corrected chi connectivity index (χ3v) is 3.99. The van der Waals surface area contributed by atoms with Gasteiger partial charge in [-0.1, -0.05) is 6.08 Å². The second kappa shape index (κ2) is 13.9. The van der Waals surface area contributed by atoms with Crippen molar-refractivity contribution in [2.24, 2.45) is 4.99 Å². The number of rotatable bonds is 9. The molecular weight excluding hydrogens is 415 g/mol. The van der Waals surface area contributed by atoms with E-state index in [0.717, 1.165) is 64.5 Å². The normalized spacial score (nSPS) is 21.9. The van der Waals surface area contributed by atoms with Crippen molar-refractivity contribution in [1.29, 1.82) is 0 Å². The summed E-state index contributed by atoms with van der Waals surface area (Å²) in [6.45, 7) is 16.2. The van der Waals surface area contributed by atoms with Crippen molar-refractivity contribution in [1.82, 2.24) is 15.1 Å². The zero-order chi connectivity index (χ0) is 17.1. The first-order valence-corrected chi connectivity index (χ1v) is 9.05. The van der Waals surface area contributed by atoms with Gasteiger partial charge in [0.2, 0.25) is 0 Å². The molecule has 0 amide bonds. The molecule has 1 fully saturated rings. The molecule has 24 heavy (non-hydrogen) atoms. The van der Waals surface area contributed by atoms with Crippen molar-refractivity contribution in [3.63, 3.8) is 0 Å². The molecular formula is C18H37IN4O. The Balaban J connectivity index is 0.00000529. The summed E-state index contributed by atoms with van der Waals surface area (Å²) >= 11 is 0. The van der Waals surface area contributed by atoms with Crippen LogP contribution in [0, 0.1) is 0 Å². The van der Waals surface area contributed by atoms with Gasteiger partial charge < -0.3 is 15.0 Å². The smallest absolute Gasteiger partial charge is 0.193 e. The third kappa shape index (κ3) is 9.84. The Bertz CT molecular complexity index is 355. The molecule has 0 aromatic heterocycles. The standard InChI is InChI=1S/C18H36N4O.HI/c1-6-8-9-12-21(5)18(19-7-2)20-11-10-13-22-14-16(3)23-17(4)15-22;/h6,16-17H,1,7-15H2,2-5H3,(H,19,20);1H. The van der Waals surface area contributed by atoms with Crippen molar-refractivity contribution in [3.8, 4) is 0 Å². The molecule has 2 atom stereocenters. The summed E-state index contributed by atoms with van der Waals surface area (Å²) in [5.74, 6) is 1.01. The van der Waals surface area contributed by atoms with E-state index < -0.39 is 0 Å². The maximum absolute atomic E-state index is 5.78. The van der Waals surface area contributed by atoms with E-state index in [1.807, 2.05) is 6.08 Å². The van der Waals surface area contributed by atoms with Crippen LogP contribution >= 0.6 is 24.0 Å². The van der Waals surface area contributed by atoms with E-state index >= 15 is 0 Å². The highest BCUT2D eigenvalue weighted by Crippen LogP contribution is 2.10. The van der Waals surface area contributed by atoms with Crippen molar-refractivity contribution >= 4 is 29.9 Å². The number of halogens is 1. The van der Waals surface area contributed by atoms with Gasteiger partial charge in [0, 0.05) is 46.3 Å². The van der Waals surface area contributed by atoms with Gasteiger partial charge in [0.25, 0.3) is 0 Å². The van der Waals surface area contributed by atoms with Crippen LogP contribution in [0.1, 0.15) is 40.0 Å². The predicted molar refractivity (Wildman–Crippen MR) is 115 cm³/mol. The quantitative estimate of drug-likeness (QED) is 0.192. The second-order valence-corrected chi connectivity index (χ2v) is 6.46. The van der Waals surface area contributed by atoms with Crippen LogP contribution in [0.3, 0.4) is 0 Å². The summed E-state index contributed by atoms with van der Waals surface area (Å²) in [5.41, 5.74) is 0. The van der Waals surface area contributed by atoms with E-state index in [4.69, 9.17) is 9.73 Å². The molecule has 5 nitrogen and oxygen atoms in total. The Hall–Kier alpha value is -0.340. The summed E-state index contributed by atoms with van der Waals surface area (Å²) in [6.07, 6.45) is 5.92. The monoisotopic (exact) mass is 452 g/mol. The average Bonchev–Trinajstić information content (AvgIpc) is 2.49. The molecule has 0 bridgehead atoms. The Morgan fingerprint density at radius 2 is 2.00 bits per heavy atom. The number of unbranched alkanes of at least 4 members (excludes halogenated alkanes) is 1. The third-order valence-electron chi connectivity index (χ3n) is 3.99. The molecule has 1 heterocycles. The number of nitrogens with zero attached hydrogens (tertiary/aromatic N) is 3. The summed E-state index contributed by atoms with van der Waals surface area (Å²) in [7, 11) is 2.11. The molecule has 1 aliphatic heterocycles. The van der Waals surface area contributed by atoms with Crippen LogP contribution in [0.15, 0.2) is 17.6 Å². The molecule has 6 heteroatoms. The first kappa shape index (κ1) is 23.7. The molecule has 0 aromatic rings. The van der Waals surface area contributed by atoms with Gasteiger partial charge in [-0.05, 0) is 40.0 Å². The number of hydrogen-bond donors (Lipinski definition) is 1. The number of morpholine rings is 1. The van der Waals surface area contributed by atoms with E-state index in [-0.39, 0.29) is 24.0 Å². The fraction of sp³-hybridized carbons (Fsp3) is 0.833. The molecule has 0 radical (unpaired) electrons. The van der Waals surface area contributed by atoms with Gasteiger partial charge in [0.1, 0.15) is 0 Å². The number of hydrogen-bond acceptors (Lipinski definition) is 3. The fourth-order valence-corrected chi connectivity index (χ4v) is 2.99. The number of allylic oxidation sites excluding steroid dienone is 1. The zero-order valence-corrected chi connectivity index (χ0v) is 18.3. The SMILES string of the molecule is C=CCCCN(C)C(=NCCCN1CC(C)OC(C)C1)NCC.I. The van der Waals surface area contributed by atoms with E-state index in [2.05, 4.69) is 49.5 Å². The van der Waals surface area contributed by atoms with Crippen molar-refractivity contribution in [3.05, 3.63) is 12.7 Å². The van der Waals surface area contributed by atoms with Gasteiger partial charge in [-0.2, -0.15) is 0 Å². The first-order chi connectivity index (χ1) is 11.1. The number of aliphatic imine (C=N–C) groups is 1. The second-order valence-electron chi connectivity index (χ2n) is 6.46. The Morgan fingerprint density at radius 1 is 1.33 bits per heavy atom. The van der Waals surface area contributed by atoms with Gasteiger partial charge in [-0.15, -0.1) is 30.6 Å². The molecule has 1 saturated heterocycles. The van der Waals surface area contributed by atoms with Crippen molar-refractivity contribution < 1.29 is 4.74 Å². The summed E-state index contributed by atoms with van der Waals surface area (Å²) in [5, 5.41) is 3.38. The molecule has 0 aliphatic carbocycles. The highest BCUT2D eigenvalue weighted by molar-refractivity contribution is 14.0. The number of nitrogens with one attached hydrogen (secondary N) is 1. The Morgan fingerprint density at radius 3 is 2.58 bits per heavy atom. The highest BCUT2D eigenvalue weighted by atomic mass is 127. The fourth-order valence-electron chi connectivity index (χ4n) is 2.99. The average molecular weight is 452 g/mol. The highest BCUT2D eigenvalue weighted by Gasteiger charge is 2.21. The minimum Gasteiger partial charge on any atom is -0.373 e. The molecule has 0 spiro atoms. The minimum absolute atomic E-state index is 0. The van der Waals surface area contributed by atoms with Crippen LogP contribution in [0.2, 0.25) is 0 Å². The predicted octanol–water partition coefficient (Wildman–Crippen LogP) is 2.97. The topological polar surface area (TPSA) is 40.1 Å². The van der Waals surface area contributed by atoms with E-state index in [9.17, 15) is 0 Å². The molecule has 0 aromatic carbocycles. The summed E-state index contributed by atoms with van der Waals surface area (Å²) in [4.78, 5) is 9.47. The first-order valence-electron chi connectivity index (χ1n) is 9.05. The largest absolute Gasteiger partial charge is 0.373 e. The van der Waals surface area contributed by atoms with Crippen LogP contribution < -0.4 is 5.32 Å². The van der Waals surface area contributed by atoms with Gasteiger partial charge >= 0.3 is 0 Å². The van der Waals surface area contributed by atoms with E-state index in [0.29, 0.717) is 12.2 Å². The van der Waals surface area contributed by atoms with Crippen LogP contribution in [-0.2, 0) is 4.74 Å². The van der Waals surface area contributed by atoms with E-state index in [1.54, 1.807) is 0 Å². The van der Waals surface area contributed by atoms with Gasteiger partial charge in [0.15, 0.2) is 5.96 Å². The van der Waals surface area contributed by atoms with E-state index in [1.165, 1.54) is 0 Å². The number of guanidine groups is 1. The summed E-state index contributed by atoms with van der Waals surface area (Å²) in [6, 6.07) is 0. The Labute approximate surface area is 165 Å². The van der Waals surface area contributed by atoms with Crippen molar-refractivity contribution in [2.75, 3.05) is 46.3 Å². The summed E-state index contributed by atoms with van der Waals surface area (Å²) < 4.78 is 5.78. The molecule has 1 N–H and O–H groups in total. The van der Waals surface area contributed by atoms with Crippen LogP contribution in [-0.4, -0.2) is 74.3 Å². The molecule has 0 saturated carbocycles. The van der Waals surface area contributed by atoms with Gasteiger partial charge in [-0.25, -0.2) is 0 Å². The van der Waals surface area contributed by atoms with Gasteiger partial charge in [-0.3, -0.25) is 9.89 Å². The molecule has 1 rings (SSSR count). The van der Waals surface area contributed by atoms with Crippen LogP contribution in [0.25, 0.3) is 0 Å². The van der Waals surface area contributed by atoms with Crippen LogP contribution in [0.4, 0.5) is 0 Å². The molecule has 142 valence electrons.